The van der Waals surface area contributed by atoms with Gasteiger partial charge in [-0.3, -0.25) is 9.69 Å². The van der Waals surface area contributed by atoms with Crippen LogP contribution in [0.2, 0.25) is 0 Å². The lowest BCUT2D eigenvalue weighted by atomic mass is 10.2. The molecule has 0 bridgehead atoms. The average molecular weight is 343 g/mol. The van der Waals surface area contributed by atoms with Crippen molar-refractivity contribution in [2.45, 2.75) is 32.2 Å². The first kappa shape index (κ1) is 17.2. The summed E-state index contributed by atoms with van der Waals surface area (Å²) in [5, 5.41) is 2.10. The summed E-state index contributed by atoms with van der Waals surface area (Å²) in [6.45, 7) is 4.81. The fourth-order valence-corrected chi connectivity index (χ4v) is 4.00. The molecule has 0 aliphatic carbocycles. The Bertz CT molecular complexity index is 612. The molecule has 1 fully saturated rings. The van der Waals surface area contributed by atoms with Crippen LogP contribution in [0.4, 0.5) is 0 Å². The number of benzene rings is 1. The van der Waals surface area contributed by atoms with Gasteiger partial charge in [-0.25, -0.2) is 0 Å². The molecule has 0 radical (unpaired) electrons. The largest absolute Gasteiger partial charge is 0.341 e. The van der Waals surface area contributed by atoms with Crippen molar-refractivity contribution < 1.29 is 4.79 Å². The number of carbonyl (C=O) groups excluding carboxylic acids is 1. The monoisotopic (exact) mass is 342 g/mol. The van der Waals surface area contributed by atoms with Crippen LogP contribution in [0.1, 0.15) is 29.7 Å². The summed E-state index contributed by atoms with van der Waals surface area (Å²) < 4.78 is 0. The number of thiophene rings is 1. The fraction of sp³-hybridized carbons (Fsp3) is 0.450. The lowest BCUT2D eigenvalue weighted by Crippen LogP contribution is -2.35. The molecule has 1 aliphatic rings. The average Bonchev–Trinajstić information content (AvgIpc) is 3.01. The molecular weight excluding hydrogens is 316 g/mol. The molecule has 1 aliphatic heterocycles. The third-order valence-electron chi connectivity index (χ3n) is 4.58. The van der Waals surface area contributed by atoms with E-state index in [1.807, 2.05) is 0 Å². The van der Waals surface area contributed by atoms with Crippen molar-refractivity contribution >= 4 is 17.2 Å². The van der Waals surface area contributed by atoms with Gasteiger partial charge in [0.05, 0.1) is 0 Å². The van der Waals surface area contributed by atoms with Crippen molar-refractivity contribution in [1.29, 1.82) is 0 Å². The lowest BCUT2D eigenvalue weighted by molar-refractivity contribution is -0.131. The van der Waals surface area contributed by atoms with Crippen LogP contribution >= 0.6 is 11.3 Å². The van der Waals surface area contributed by atoms with Crippen LogP contribution in [-0.4, -0.2) is 41.9 Å². The van der Waals surface area contributed by atoms with Gasteiger partial charge in [0.15, 0.2) is 0 Å². The second-order valence-electron chi connectivity index (χ2n) is 6.43. The maximum atomic E-state index is 12.5. The van der Waals surface area contributed by atoms with Gasteiger partial charge in [-0.15, -0.1) is 11.3 Å². The van der Waals surface area contributed by atoms with E-state index in [2.05, 4.69) is 57.6 Å². The van der Waals surface area contributed by atoms with Gasteiger partial charge in [0.1, 0.15) is 0 Å². The Morgan fingerprint density at radius 2 is 1.88 bits per heavy atom. The molecular formula is C20H26N2OS. The Kier molecular flexibility index (Phi) is 6.44. The number of aryl methyl sites for hydroxylation is 1. The summed E-state index contributed by atoms with van der Waals surface area (Å²) in [5.74, 6) is 0.327. The topological polar surface area (TPSA) is 23.6 Å². The van der Waals surface area contributed by atoms with Crippen LogP contribution in [0.25, 0.3) is 0 Å². The molecule has 24 heavy (non-hydrogen) atoms. The minimum absolute atomic E-state index is 0.327. The van der Waals surface area contributed by atoms with Crippen LogP contribution in [0, 0.1) is 0 Å². The van der Waals surface area contributed by atoms with Gasteiger partial charge in [0, 0.05) is 44.0 Å². The highest BCUT2D eigenvalue weighted by Gasteiger charge is 2.18. The van der Waals surface area contributed by atoms with Gasteiger partial charge in [-0.1, -0.05) is 36.4 Å². The van der Waals surface area contributed by atoms with Crippen molar-refractivity contribution in [3.8, 4) is 0 Å². The molecule has 0 N–H and O–H groups in total. The summed E-state index contributed by atoms with van der Waals surface area (Å²) in [7, 11) is 0. The fourth-order valence-electron chi connectivity index (χ4n) is 3.25. The van der Waals surface area contributed by atoms with E-state index in [9.17, 15) is 4.79 Å². The number of amides is 1. The van der Waals surface area contributed by atoms with Crippen LogP contribution in [0.15, 0.2) is 47.8 Å². The normalized spacial score (nSPS) is 16.1. The van der Waals surface area contributed by atoms with Crippen molar-refractivity contribution in [3.05, 3.63) is 58.3 Å². The van der Waals surface area contributed by atoms with E-state index in [-0.39, 0.29) is 0 Å². The number of hydrogen-bond donors (Lipinski definition) is 0. The molecule has 0 saturated carbocycles. The summed E-state index contributed by atoms with van der Waals surface area (Å²) >= 11 is 1.78. The predicted octanol–water partition coefficient (Wildman–Crippen LogP) is 3.81. The van der Waals surface area contributed by atoms with Gasteiger partial charge >= 0.3 is 0 Å². The summed E-state index contributed by atoms with van der Waals surface area (Å²) in [4.78, 5) is 18.4. The molecule has 3 rings (SSSR count). The summed E-state index contributed by atoms with van der Waals surface area (Å²) in [6.07, 6.45) is 3.74. The van der Waals surface area contributed by atoms with Crippen LogP contribution in [-0.2, 0) is 17.8 Å². The molecule has 1 amide bonds. The number of carbonyl (C=O) groups is 1. The van der Waals surface area contributed by atoms with E-state index < -0.39 is 0 Å². The molecule has 2 aromatic rings. The molecule has 4 heteroatoms. The molecule has 0 atom stereocenters. The first-order valence-corrected chi connectivity index (χ1v) is 9.76. The van der Waals surface area contributed by atoms with Gasteiger partial charge in [0.25, 0.3) is 0 Å². The van der Waals surface area contributed by atoms with E-state index in [1.54, 1.807) is 11.3 Å². The highest BCUT2D eigenvalue weighted by Crippen LogP contribution is 2.14. The SMILES string of the molecule is O=C(CCCc1cccs1)N1CCCN(Cc2ccccc2)CC1. The third-order valence-corrected chi connectivity index (χ3v) is 5.52. The number of nitrogens with zero attached hydrogens (tertiary/aromatic N) is 2. The summed E-state index contributed by atoms with van der Waals surface area (Å²) in [6, 6.07) is 14.8. The standard InChI is InChI=1S/C20H26N2OS/c23-20(11-4-9-19-10-5-16-24-19)22-13-6-12-21(14-15-22)17-18-7-2-1-3-8-18/h1-3,5,7-8,10,16H,4,6,9,11-15,17H2. The Hall–Kier alpha value is -1.65. The van der Waals surface area contributed by atoms with Crippen LogP contribution < -0.4 is 0 Å². The number of rotatable bonds is 6. The molecule has 1 saturated heterocycles. The van der Waals surface area contributed by atoms with Crippen molar-refractivity contribution in [1.82, 2.24) is 9.80 Å². The maximum Gasteiger partial charge on any atom is 0.222 e. The second kappa shape index (κ2) is 9.00. The van der Waals surface area contributed by atoms with E-state index in [1.165, 1.54) is 10.4 Å². The molecule has 1 aromatic heterocycles. The van der Waals surface area contributed by atoms with Gasteiger partial charge in [-0.2, -0.15) is 0 Å². The zero-order valence-electron chi connectivity index (χ0n) is 14.2. The molecule has 0 spiro atoms. The quantitative estimate of drug-likeness (QED) is 0.797. The van der Waals surface area contributed by atoms with Gasteiger partial charge in [-0.05, 0) is 36.3 Å². The molecule has 2 heterocycles. The van der Waals surface area contributed by atoms with E-state index in [4.69, 9.17) is 0 Å². The van der Waals surface area contributed by atoms with E-state index >= 15 is 0 Å². The smallest absolute Gasteiger partial charge is 0.222 e. The minimum atomic E-state index is 0.327. The Balaban J connectivity index is 1.42. The van der Waals surface area contributed by atoms with E-state index in [0.29, 0.717) is 12.3 Å². The zero-order valence-corrected chi connectivity index (χ0v) is 15.0. The Morgan fingerprint density at radius 3 is 2.67 bits per heavy atom. The highest BCUT2D eigenvalue weighted by molar-refractivity contribution is 7.09. The first-order valence-electron chi connectivity index (χ1n) is 8.88. The predicted molar refractivity (Wildman–Crippen MR) is 100 cm³/mol. The Labute approximate surface area is 148 Å². The maximum absolute atomic E-state index is 12.5. The van der Waals surface area contributed by atoms with Crippen molar-refractivity contribution in [3.63, 3.8) is 0 Å². The molecule has 3 nitrogen and oxygen atoms in total. The molecule has 0 unspecified atom stereocenters. The van der Waals surface area contributed by atoms with Crippen molar-refractivity contribution in [2.24, 2.45) is 0 Å². The highest BCUT2D eigenvalue weighted by atomic mass is 32.1. The van der Waals surface area contributed by atoms with Crippen molar-refractivity contribution in [2.75, 3.05) is 26.2 Å². The third kappa shape index (κ3) is 5.18. The zero-order chi connectivity index (χ0) is 16.6. The van der Waals surface area contributed by atoms with Gasteiger partial charge in [0.2, 0.25) is 5.91 Å². The van der Waals surface area contributed by atoms with Gasteiger partial charge < -0.3 is 4.90 Å². The summed E-state index contributed by atoms with van der Waals surface area (Å²) in [5.41, 5.74) is 1.35. The Morgan fingerprint density at radius 1 is 1.00 bits per heavy atom. The minimum Gasteiger partial charge on any atom is -0.341 e. The first-order chi connectivity index (χ1) is 11.8. The van der Waals surface area contributed by atoms with Crippen LogP contribution in [0.3, 0.4) is 0 Å². The molecule has 1 aromatic carbocycles. The molecule has 128 valence electrons. The lowest BCUT2D eigenvalue weighted by Gasteiger charge is -2.22. The van der Waals surface area contributed by atoms with E-state index in [0.717, 1.165) is 52.0 Å². The van der Waals surface area contributed by atoms with Crippen LogP contribution in [0.5, 0.6) is 0 Å². The second-order valence-corrected chi connectivity index (χ2v) is 7.46. The number of hydrogen-bond acceptors (Lipinski definition) is 3.